The van der Waals surface area contributed by atoms with Crippen molar-refractivity contribution in [2.24, 2.45) is 5.18 Å². The number of benzene rings is 2. The highest BCUT2D eigenvalue weighted by Gasteiger charge is 2.35. The maximum Gasteiger partial charge on any atom is 0.340 e. The fourth-order valence-corrected chi connectivity index (χ4v) is 6.47. The number of aromatic nitrogens is 1. The third-order valence-corrected chi connectivity index (χ3v) is 8.74. The minimum absolute atomic E-state index is 0.0422. The first-order valence-corrected chi connectivity index (χ1v) is 15.8. The van der Waals surface area contributed by atoms with Crippen LogP contribution in [0.3, 0.4) is 0 Å². The van der Waals surface area contributed by atoms with Crippen LogP contribution in [0, 0.1) is 4.91 Å². The second kappa shape index (κ2) is 13.8. The van der Waals surface area contributed by atoms with E-state index in [1.165, 1.54) is 6.20 Å². The number of β-amino-alcohol motifs (C(OH)–C–C–N with tert-alkyl or cyclic N) is 1. The highest BCUT2D eigenvalue weighted by molar-refractivity contribution is 7.47. The molecule has 2 aromatic carbocycles. The van der Waals surface area contributed by atoms with Crippen molar-refractivity contribution in [1.29, 1.82) is 0 Å². The van der Waals surface area contributed by atoms with E-state index in [-0.39, 0.29) is 6.04 Å². The molecule has 0 bridgehead atoms. The number of pyridine rings is 1. The van der Waals surface area contributed by atoms with Crippen molar-refractivity contribution in [3.63, 3.8) is 0 Å². The van der Waals surface area contributed by atoms with Gasteiger partial charge < -0.3 is 14.7 Å². The van der Waals surface area contributed by atoms with Gasteiger partial charge in [-0.25, -0.2) is 4.79 Å². The molecule has 0 radical (unpaired) electrons. The van der Waals surface area contributed by atoms with Crippen LogP contribution in [0.2, 0.25) is 10.0 Å². The lowest BCUT2D eigenvalue weighted by atomic mass is 9.97. The van der Waals surface area contributed by atoms with Crippen LogP contribution >= 0.6 is 31.8 Å². The number of carbonyl (C=O) groups is 1. The Kier molecular flexibility index (Phi) is 10.6. The van der Waals surface area contributed by atoms with Crippen LogP contribution in [0.25, 0.3) is 0 Å². The molecular formula is C31H37Cl2N4O4P. The number of carbonyl (C=O) groups excluding carboxylic acids is 1. The van der Waals surface area contributed by atoms with Crippen molar-refractivity contribution < 1.29 is 14.6 Å². The molecule has 1 aliphatic heterocycles. The molecule has 1 unspecified atom stereocenters. The van der Waals surface area contributed by atoms with Gasteiger partial charge in [-0.1, -0.05) is 55.2 Å². The molecule has 1 aromatic heterocycles. The molecule has 0 spiro atoms. The molecule has 0 saturated carbocycles. The summed E-state index contributed by atoms with van der Waals surface area (Å²) < 4.78 is 5.43. The van der Waals surface area contributed by atoms with Crippen molar-refractivity contribution in [2.75, 3.05) is 43.8 Å². The number of aliphatic hydroxyl groups is 1. The minimum atomic E-state index is -1.25. The molecule has 11 heteroatoms. The molecular weight excluding hydrogens is 594 g/mol. The second-order valence-electron chi connectivity index (χ2n) is 11.6. The molecule has 1 aliphatic rings. The monoisotopic (exact) mass is 630 g/mol. The quantitative estimate of drug-likeness (QED) is 0.124. The van der Waals surface area contributed by atoms with Gasteiger partial charge in [-0.2, -0.15) is 4.91 Å². The number of rotatable bonds is 10. The SMILES string of the molecule is CC(C)(C)OC(=O)c1ccc([C@](C)(O)CN2CCN(c3ccc(PCCN=O)cc3Cl)[C@H](c3ccc(Cl)cc3)C2)nc1. The van der Waals surface area contributed by atoms with E-state index < -0.39 is 17.2 Å². The van der Waals surface area contributed by atoms with Crippen LogP contribution in [-0.4, -0.2) is 65.4 Å². The van der Waals surface area contributed by atoms with Crippen LogP contribution in [0.15, 0.2) is 66.0 Å². The van der Waals surface area contributed by atoms with Gasteiger partial charge in [0.05, 0.1) is 34.6 Å². The molecule has 224 valence electrons. The Bertz CT molecular complexity index is 1380. The Morgan fingerprint density at radius 1 is 1.10 bits per heavy atom. The van der Waals surface area contributed by atoms with E-state index in [0.717, 1.165) is 16.6 Å². The predicted molar refractivity (Wildman–Crippen MR) is 172 cm³/mol. The lowest BCUT2D eigenvalue weighted by Gasteiger charge is -2.45. The van der Waals surface area contributed by atoms with E-state index in [0.29, 0.717) is 68.8 Å². The van der Waals surface area contributed by atoms with E-state index in [1.54, 1.807) is 19.1 Å². The molecule has 2 heterocycles. The number of esters is 1. The average Bonchev–Trinajstić information content (AvgIpc) is 2.93. The number of hydrogen-bond donors (Lipinski definition) is 1. The van der Waals surface area contributed by atoms with Gasteiger partial charge in [-0.3, -0.25) is 9.88 Å². The fraction of sp³-hybridized carbons (Fsp3) is 0.419. The van der Waals surface area contributed by atoms with Crippen LogP contribution in [-0.2, 0) is 10.3 Å². The van der Waals surface area contributed by atoms with E-state index in [4.69, 9.17) is 27.9 Å². The first-order valence-electron chi connectivity index (χ1n) is 13.9. The maximum atomic E-state index is 12.4. The number of ether oxygens (including phenoxy) is 1. The van der Waals surface area contributed by atoms with E-state index in [2.05, 4.69) is 26.0 Å². The summed E-state index contributed by atoms with van der Waals surface area (Å²) in [5.74, 6) is -0.451. The summed E-state index contributed by atoms with van der Waals surface area (Å²) in [6, 6.07) is 17.2. The number of nitroso groups, excluding NO2 is 1. The molecule has 0 amide bonds. The zero-order valence-electron chi connectivity index (χ0n) is 24.3. The van der Waals surface area contributed by atoms with Gasteiger partial charge in [0.25, 0.3) is 0 Å². The maximum absolute atomic E-state index is 12.4. The van der Waals surface area contributed by atoms with Gasteiger partial charge in [0.15, 0.2) is 0 Å². The predicted octanol–water partition coefficient (Wildman–Crippen LogP) is 6.18. The van der Waals surface area contributed by atoms with Crippen molar-refractivity contribution in [3.8, 4) is 0 Å². The Hall–Kier alpha value is -2.61. The number of nitrogens with zero attached hydrogens (tertiary/aromatic N) is 4. The van der Waals surface area contributed by atoms with Crippen molar-refractivity contribution in [2.45, 2.75) is 44.9 Å². The highest BCUT2D eigenvalue weighted by Crippen LogP contribution is 2.36. The molecule has 4 rings (SSSR count). The van der Waals surface area contributed by atoms with E-state index in [9.17, 15) is 14.8 Å². The molecule has 3 atom stereocenters. The standard InChI is InChI=1S/C31H37Cl2N4O4P/c1-30(2,3)41-29(38)22-7-12-28(34-18-22)31(4,39)20-36-14-15-37(27(19-36)21-5-8-23(32)9-6-21)26-11-10-24(17-25(26)33)42-16-13-35-40/h5-12,17-18,27,39,42H,13-16,19-20H2,1-4H3/t27-,31+/m0/s1. The third kappa shape index (κ3) is 8.48. The summed E-state index contributed by atoms with van der Waals surface area (Å²) in [7, 11) is 0.470. The highest BCUT2D eigenvalue weighted by atomic mass is 35.5. The van der Waals surface area contributed by atoms with Gasteiger partial charge in [0, 0.05) is 37.4 Å². The molecule has 8 nitrogen and oxygen atoms in total. The summed E-state index contributed by atoms with van der Waals surface area (Å²) in [6.45, 7) is 9.84. The Morgan fingerprint density at radius 2 is 1.83 bits per heavy atom. The van der Waals surface area contributed by atoms with Crippen LogP contribution in [0.1, 0.15) is 55.4 Å². The Morgan fingerprint density at radius 3 is 2.45 bits per heavy atom. The fourth-order valence-electron chi connectivity index (χ4n) is 5.02. The molecule has 1 N–H and O–H groups in total. The van der Waals surface area contributed by atoms with Gasteiger partial charge >= 0.3 is 5.97 Å². The van der Waals surface area contributed by atoms with Crippen molar-refractivity contribution >= 4 is 48.7 Å². The van der Waals surface area contributed by atoms with Crippen LogP contribution in [0.5, 0.6) is 0 Å². The summed E-state index contributed by atoms with van der Waals surface area (Å²) >= 11 is 13.0. The zero-order chi connectivity index (χ0) is 30.5. The normalized spacial score (nSPS) is 17.8. The minimum Gasteiger partial charge on any atom is -0.456 e. The summed E-state index contributed by atoms with van der Waals surface area (Å²) in [5.41, 5.74) is 0.975. The van der Waals surface area contributed by atoms with Crippen molar-refractivity contribution in [3.05, 3.63) is 92.6 Å². The number of anilines is 1. The van der Waals surface area contributed by atoms with Gasteiger partial charge in [-0.15, -0.1) is 0 Å². The number of piperazine rings is 1. The van der Waals surface area contributed by atoms with E-state index >= 15 is 0 Å². The van der Waals surface area contributed by atoms with Gasteiger partial charge in [0.2, 0.25) is 0 Å². The first kappa shape index (κ1) is 32.3. The molecule has 1 fully saturated rings. The number of hydrogen-bond acceptors (Lipinski definition) is 8. The lowest BCUT2D eigenvalue weighted by Crippen LogP contribution is -2.52. The first-order chi connectivity index (χ1) is 19.9. The van der Waals surface area contributed by atoms with Crippen LogP contribution < -0.4 is 10.2 Å². The third-order valence-electron chi connectivity index (χ3n) is 6.99. The molecule has 1 saturated heterocycles. The van der Waals surface area contributed by atoms with Crippen LogP contribution in [0.4, 0.5) is 5.69 Å². The molecule has 0 aliphatic carbocycles. The number of halogens is 2. The van der Waals surface area contributed by atoms with Gasteiger partial charge in [-0.05, 0) is 81.1 Å². The van der Waals surface area contributed by atoms with E-state index in [1.807, 2.05) is 57.2 Å². The Balaban J connectivity index is 1.52. The zero-order valence-corrected chi connectivity index (χ0v) is 26.8. The summed E-state index contributed by atoms with van der Waals surface area (Å²) in [6.07, 6.45) is 2.16. The smallest absolute Gasteiger partial charge is 0.340 e. The largest absolute Gasteiger partial charge is 0.456 e. The lowest BCUT2D eigenvalue weighted by molar-refractivity contribution is 0.00459. The van der Waals surface area contributed by atoms with Gasteiger partial charge in [0.1, 0.15) is 11.2 Å². The van der Waals surface area contributed by atoms with Crippen molar-refractivity contribution in [1.82, 2.24) is 9.88 Å². The molecule has 3 aromatic rings. The summed E-state index contributed by atoms with van der Waals surface area (Å²) in [4.78, 5) is 31.8. The second-order valence-corrected chi connectivity index (χ2v) is 13.9. The summed E-state index contributed by atoms with van der Waals surface area (Å²) in [5, 5.41) is 16.9. The topological polar surface area (TPSA) is 95.3 Å². The Labute approximate surface area is 259 Å². The molecule has 42 heavy (non-hydrogen) atoms. The average molecular weight is 632 g/mol.